The van der Waals surface area contributed by atoms with Crippen LogP contribution < -0.4 is 0 Å². The van der Waals surface area contributed by atoms with Crippen molar-refractivity contribution >= 4 is 0 Å². The van der Waals surface area contributed by atoms with E-state index in [4.69, 9.17) is 14.2 Å². The highest BCUT2D eigenvalue weighted by molar-refractivity contribution is 4.97. The molecule has 6 unspecified atom stereocenters. The molecule has 0 saturated carbocycles. The quantitative estimate of drug-likeness (QED) is 0.528. The third kappa shape index (κ3) is 3.24. The van der Waals surface area contributed by atoms with Crippen molar-refractivity contribution in [3.05, 3.63) is 0 Å². The Balaban J connectivity index is 1.90. The molecule has 7 nitrogen and oxygen atoms in total. The van der Waals surface area contributed by atoms with E-state index in [2.05, 4.69) is 0 Å². The molecule has 2 heterocycles. The smallest absolute Gasteiger partial charge is 0.186 e. The molecule has 0 aromatic carbocycles. The van der Waals surface area contributed by atoms with Crippen molar-refractivity contribution in [1.29, 1.82) is 0 Å². The van der Waals surface area contributed by atoms with Gasteiger partial charge in [-0.2, -0.15) is 0 Å². The molecule has 0 spiro atoms. The average molecular weight is 306 g/mol. The Bertz CT molecular complexity index is 359. The van der Waals surface area contributed by atoms with Crippen molar-refractivity contribution in [3.8, 4) is 0 Å². The topological polar surface area (TPSA) is 109 Å². The summed E-state index contributed by atoms with van der Waals surface area (Å²) in [4.78, 5) is 0. The number of rotatable bonds is 4. The maximum atomic E-state index is 9.92. The molecule has 0 aromatic heterocycles. The van der Waals surface area contributed by atoms with Gasteiger partial charge in [0.25, 0.3) is 0 Å². The van der Waals surface area contributed by atoms with Gasteiger partial charge in [-0.1, -0.05) is 13.8 Å². The summed E-state index contributed by atoms with van der Waals surface area (Å²) >= 11 is 0. The predicted octanol–water partition coefficient (Wildman–Crippen LogP) is -0.995. The van der Waals surface area contributed by atoms with Gasteiger partial charge in [-0.25, -0.2) is 0 Å². The Morgan fingerprint density at radius 1 is 1.05 bits per heavy atom. The summed E-state index contributed by atoms with van der Waals surface area (Å²) in [6, 6.07) is 0. The summed E-state index contributed by atoms with van der Waals surface area (Å²) < 4.78 is 16.5. The predicted molar refractivity (Wildman–Crippen MR) is 72.4 cm³/mol. The highest BCUT2D eigenvalue weighted by atomic mass is 16.7. The van der Waals surface area contributed by atoms with Gasteiger partial charge in [-0.3, -0.25) is 0 Å². The van der Waals surface area contributed by atoms with E-state index in [1.54, 1.807) is 13.8 Å². The van der Waals surface area contributed by atoms with Gasteiger partial charge < -0.3 is 34.6 Å². The van der Waals surface area contributed by atoms with Crippen LogP contribution in [0, 0.1) is 5.92 Å². The van der Waals surface area contributed by atoms with E-state index in [1.165, 1.54) is 0 Å². The van der Waals surface area contributed by atoms with Crippen LogP contribution in [0.25, 0.3) is 0 Å². The van der Waals surface area contributed by atoms with Crippen LogP contribution in [-0.2, 0) is 14.2 Å². The van der Waals surface area contributed by atoms with Crippen LogP contribution in [0.4, 0.5) is 0 Å². The molecule has 2 aliphatic rings. The fourth-order valence-corrected chi connectivity index (χ4v) is 2.83. The summed E-state index contributed by atoms with van der Waals surface area (Å²) in [5, 5.41) is 39.6. The van der Waals surface area contributed by atoms with Crippen LogP contribution >= 0.6 is 0 Å². The number of aliphatic hydroxyl groups excluding tert-OH is 4. The molecule has 2 rings (SSSR count). The summed E-state index contributed by atoms with van der Waals surface area (Å²) in [6.45, 7) is 7.08. The highest BCUT2D eigenvalue weighted by Gasteiger charge is 2.50. The lowest BCUT2D eigenvalue weighted by Crippen LogP contribution is -2.39. The maximum absolute atomic E-state index is 9.92. The first-order valence-electron chi connectivity index (χ1n) is 7.32. The van der Waals surface area contributed by atoms with Gasteiger partial charge in [0, 0.05) is 0 Å². The molecular weight excluding hydrogens is 280 g/mol. The minimum atomic E-state index is -1.14. The molecule has 4 N–H and O–H groups in total. The van der Waals surface area contributed by atoms with Crippen LogP contribution in [0.3, 0.4) is 0 Å². The van der Waals surface area contributed by atoms with Crippen molar-refractivity contribution in [2.75, 3.05) is 6.61 Å². The Hall–Kier alpha value is -0.280. The summed E-state index contributed by atoms with van der Waals surface area (Å²) in [5.41, 5.74) is -0.859. The van der Waals surface area contributed by atoms with Crippen molar-refractivity contribution in [3.63, 3.8) is 0 Å². The van der Waals surface area contributed by atoms with Gasteiger partial charge in [-0.05, 0) is 19.8 Å². The molecule has 0 aromatic rings. The largest absolute Gasteiger partial charge is 0.387 e. The molecule has 7 atom stereocenters. The SMILES string of the molecule is CC(C)C1OC(OCC2OC(C)(C)[C@@H](O)C2O)C(O)C1O. The molecule has 0 radical (unpaired) electrons. The van der Waals surface area contributed by atoms with Crippen LogP contribution in [0.5, 0.6) is 0 Å². The van der Waals surface area contributed by atoms with Gasteiger partial charge in [0.15, 0.2) is 6.29 Å². The fourth-order valence-electron chi connectivity index (χ4n) is 2.83. The average Bonchev–Trinajstić information content (AvgIpc) is 2.78. The Kier molecular flexibility index (Phi) is 4.94. The summed E-state index contributed by atoms with van der Waals surface area (Å²) in [5.74, 6) is 0.0392. The molecule has 7 heteroatoms. The van der Waals surface area contributed by atoms with Crippen LogP contribution in [0.1, 0.15) is 27.7 Å². The zero-order chi connectivity index (χ0) is 15.9. The Morgan fingerprint density at radius 3 is 2.10 bits per heavy atom. The lowest BCUT2D eigenvalue weighted by Gasteiger charge is -2.22. The van der Waals surface area contributed by atoms with Crippen molar-refractivity contribution < 1.29 is 34.6 Å². The lowest BCUT2D eigenvalue weighted by atomic mass is 9.99. The molecule has 0 amide bonds. The van der Waals surface area contributed by atoms with Gasteiger partial charge in [0.2, 0.25) is 0 Å². The molecule has 21 heavy (non-hydrogen) atoms. The van der Waals surface area contributed by atoms with Gasteiger partial charge in [-0.15, -0.1) is 0 Å². The highest BCUT2D eigenvalue weighted by Crippen LogP contribution is 2.32. The monoisotopic (exact) mass is 306 g/mol. The standard InChI is InChI=1S/C14H26O7/c1-6(2)11-9(16)10(17)13(20-11)19-5-7-8(15)12(18)14(3,4)21-7/h6-13,15-18H,5H2,1-4H3/t7?,8?,9?,10?,11?,12-,13?/m0/s1. The van der Waals surface area contributed by atoms with Gasteiger partial charge in [0.1, 0.15) is 30.5 Å². The minimum absolute atomic E-state index is 0.0392. The second-order valence-corrected chi connectivity index (χ2v) is 6.72. The van der Waals surface area contributed by atoms with Crippen LogP contribution in [0.2, 0.25) is 0 Å². The molecular formula is C14H26O7. The number of hydrogen-bond acceptors (Lipinski definition) is 7. The summed E-state index contributed by atoms with van der Waals surface area (Å²) in [6.07, 6.45) is -6.40. The van der Waals surface area contributed by atoms with Crippen molar-refractivity contribution in [2.45, 2.75) is 76.2 Å². The maximum Gasteiger partial charge on any atom is 0.186 e. The minimum Gasteiger partial charge on any atom is -0.387 e. The summed E-state index contributed by atoms with van der Waals surface area (Å²) in [7, 11) is 0. The van der Waals surface area contributed by atoms with Gasteiger partial charge >= 0.3 is 0 Å². The first-order chi connectivity index (χ1) is 9.65. The Morgan fingerprint density at radius 2 is 1.67 bits per heavy atom. The molecule has 0 aliphatic carbocycles. The lowest BCUT2D eigenvalue weighted by molar-refractivity contribution is -0.192. The molecule has 2 fully saturated rings. The number of ether oxygens (including phenoxy) is 3. The Labute approximate surface area is 124 Å². The zero-order valence-electron chi connectivity index (χ0n) is 12.8. The van der Waals surface area contributed by atoms with Gasteiger partial charge in [0.05, 0.1) is 18.3 Å². The molecule has 2 saturated heterocycles. The van der Waals surface area contributed by atoms with Crippen LogP contribution in [-0.4, -0.2) is 75.5 Å². The van der Waals surface area contributed by atoms with E-state index in [0.29, 0.717) is 0 Å². The zero-order valence-corrected chi connectivity index (χ0v) is 12.8. The third-order valence-corrected chi connectivity index (χ3v) is 4.21. The van der Waals surface area contributed by atoms with E-state index < -0.39 is 48.5 Å². The van der Waals surface area contributed by atoms with Crippen molar-refractivity contribution in [1.82, 2.24) is 0 Å². The first-order valence-corrected chi connectivity index (χ1v) is 7.32. The molecule has 0 bridgehead atoms. The second-order valence-electron chi connectivity index (χ2n) is 6.72. The normalized spacial score (nSPS) is 46.4. The number of hydrogen-bond donors (Lipinski definition) is 4. The van der Waals surface area contributed by atoms with E-state index in [-0.39, 0.29) is 12.5 Å². The van der Waals surface area contributed by atoms with Crippen LogP contribution in [0.15, 0.2) is 0 Å². The van der Waals surface area contributed by atoms with Crippen molar-refractivity contribution in [2.24, 2.45) is 5.92 Å². The van der Waals surface area contributed by atoms with E-state index >= 15 is 0 Å². The third-order valence-electron chi connectivity index (χ3n) is 4.21. The molecule has 2 aliphatic heterocycles. The first kappa shape index (κ1) is 17.1. The molecule has 124 valence electrons. The fraction of sp³-hybridized carbons (Fsp3) is 1.00. The van der Waals surface area contributed by atoms with E-state index in [9.17, 15) is 20.4 Å². The van der Waals surface area contributed by atoms with E-state index in [0.717, 1.165) is 0 Å². The number of aliphatic hydroxyl groups is 4. The van der Waals surface area contributed by atoms with E-state index in [1.807, 2.05) is 13.8 Å². The second kappa shape index (κ2) is 6.08.